The van der Waals surface area contributed by atoms with E-state index < -0.39 is 0 Å². The molecule has 150 valence electrons. The lowest BCUT2D eigenvalue weighted by molar-refractivity contribution is 0.0521. The van der Waals surface area contributed by atoms with Gasteiger partial charge in [0.25, 0.3) is 0 Å². The van der Waals surface area contributed by atoms with Crippen LogP contribution < -0.4 is 0 Å². The van der Waals surface area contributed by atoms with Crippen molar-refractivity contribution in [1.82, 2.24) is 9.97 Å². The number of esters is 1. The fraction of sp³-hybridized carbons (Fsp3) is 0.240. The first kappa shape index (κ1) is 18.9. The predicted octanol–water partition coefficient (Wildman–Crippen LogP) is 6.47. The van der Waals surface area contributed by atoms with Crippen LogP contribution in [0, 0.1) is 0 Å². The van der Waals surface area contributed by atoms with E-state index >= 15 is 0 Å². The summed E-state index contributed by atoms with van der Waals surface area (Å²) in [5, 5.41) is 2.12. The van der Waals surface area contributed by atoms with Gasteiger partial charge in [-0.1, -0.05) is 55.0 Å². The quantitative estimate of drug-likeness (QED) is 0.351. The summed E-state index contributed by atoms with van der Waals surface area (Å²) in [5.41, 5.74) is 4.32. The highest BCUT2D eigenvalue weighted by molar-refractivity contribution is 7.15. The molecule has 1 aliphatic carbocycles. The van der Waals surface area contributed by atoms with Crippen LogP contribution in [-0.2, 0) is 4.74 Å². The van der Waals surface area contributed by atoms with Crippen molar-refractivity contribution in [1.29, 1.82) is 0 Å². The molecule has 0 radical (unpaired) electrons. The van der Waals surface area contributed by atoms with Gasteiger partial charge in [0.15, 0.2) is 5.69 Å². The third-order valence-electron chi connectivity index (χ3n) is 5.59. The van der Waals surface area contributed by atoms with Crippen LogP contribution in [0.15, 0.2) is 60.7 Å². The van der Waals surface area contributed by atoms with Crippen LogP contribution in [0.1, 0.15) is 47.6 Å². The fourth-order valence-electron chi connectivity index (χ4n) is 3.73. The molecule has 0 unspecified atom stereocenters. The number of fused-ring (bicyclic) bond motifs is 1. The van der Waals surface area contributed by atoms with E-state index in [1.54, 1.807) is 11.3 Å². The minimum atomic E-state index is -0.347. The number of carbonyl (C=O) groups is 1. The molecule has 0 spiro atoms. The summed E-state index contributed by atoms with van der Waals surface area (Å²) < 4.78 is 5.29. The number of hydrogen-bond donors (Lipinski definition) is 0. The molecule has 0 bridgehead atoms. The number of pyridine rings is 1. The molecule has 1 fully saturated rings. The van der Waals surface area contributed by atoms with Gasteiger partial charge in [0.2, 0.25) is 0 Å². The molecule has 5 rings (SSSR count). The molecule has 0 saturated heterocycles. The lowest BCUT2D eigenvalue weighted by atomic mass is 9.86. The first-order valence-electron chi connectivity index (χ1n) is 10.4. The fourth-order valence-corrected chi connectivity index (χ4v) is 4.95. The van der Waals surface area contributed by atoms with Crippen molar-refractivity contribution in [2.75, 3.05) is 6.61 Å². The van der Waals surface area contributed by atoms with Crippen molar-refractivity contribution in [2.45, 2.75) is 32.1 Å². The molecule has 5 heteroatoms. The average Bonchev–Trinajstić information content (AvgIpc) is 3.17. The molecule has 2 aromatic heterocycles. The second-order valence-electron chi connectivity index (χ2n) is 7.55. The van der Waals surface area contributed by atoms with Gasteiger partial charge in [0, 0.05) is 16.9 Å². The van der Waals surface area contributed by atoms with Gasteiger partial charge < -0.3 is 4.74 Å². The highest BCUT2D eigenvalue weighted by atomic mass is 32.1. The standard InChI is InChI=1S/C25H22N2O2S/c1-2-29-25(28)22-23(30-24(27-22)18-9-6-10-18)19-12-11-17-13-14-20(26-21(17)15-19)16-7-4-3-5-8-16/h3-5,7-8,11-15,18H,2,6,9-10H2,1H3. The van der Waals surface area contributed by atoms with Crippen LogP contribution in [-0.4, -0.2) is 22.5 Å². The first-order valence-corrected chi connectivity index (χ1v) is 11.2. The Morgan fingerprint density at radius 2 is 1.83 bits per heavy atom. The molecule has 0 amide bonds. The van der Waals surface area contributed by atoms with E-state index in [1.807, 2.05) is 37.3 Å². The van der Waals surface area contributed by atoms with Crippen LogP contribution in [0.2, 0.25) is 0 Å². The summed E-state index contributed by atoms with van der Waals surface area (Å²) in [5.74, 6) is 0.126. The highest BCUT2D eigenvalue weighted by Gasteiger charge is 2.28. The molecule has 2 aromatic carbocycles. The first-order chi connectivity index (χ1) is 14.7. The number of ether oxygens (including phenoxy) is 1. The molecule has 0 atom stereocenters. The molecule has 1 aliphatic rings. The Balaban J connectivity index is 1.59. The van der Waals surface area contributed by atoms with E-state index in [0.29, 0.717) is 18.2 Å². The summed E-state index contributed by atoms with van der Waals surface area (Å²) >= 11 is 1.62. The molecule has 30 heavy (non-hydrogen) atoms. The maximum atomic E-state index is 12.6. The Kier molecular flexibility index (Phi) is 5.05. The van der Waals surface area contributed by atoms with Crippen molar-refractivity contribution < 1.29 is 9.53 Å². The zero-order chi connectivity index (χ0) is 20.5. The van der Waals surface area contributed by atoms with Crippen LogP contribution in [0.5, 0.6) is 0 Å². The summed E-state index contributed by atoms with van der Waals surface area (Å²) in [4.78, 5) is 23.0. The van der Waals surface area contributed by atoms with E-state index in [0.717, 1.165) is 50.5 Å². The van der Waals surface area contributed by atoms with Crippen LogP contribution in [0.3, 0.4) is 0 Å². The molecule has 0 aliphatic heterocycles. The minimum Gasteiger partial charge on any atom is -0.461 e. The Morgan fingerprint density at radius 3 is 2.57 bits per heavy atom. The van der Waals surface area contributed by atoms with Crippen molar-refractivity contribution in [3.63, 3.8) is 0 Å². The van der Waals surface area contributed by atoms with E-state index in [2.05, 4.69) is 30.3 Å². The number of carbonyl (C=O) groups excluding carboxylic acids is 1. The number of nitrogens with zero attached hydrogens (tertiary/aromatic N) is 2. The minimum absolute atomic E-state index is 0.342. The SMILES string of the molecule is CCOC(=O)c1nc(C2CCC2)sc1-c1ccc2ccc(-c3ccccc3)nc2c1. The maximum absolute atomic E-state index is 12.6. The largest absolute Gasteiger partial charge is 0.461 e. The van der Waals surface area contributed by atoms with E-state index in [9.17, 15) is 4.79 Å². The van der Waals surface area contributed by atoms with Gasteiger partial charge in [-0.25, -0.2) is 14.8 Å². The Hall–Kier alpha value is -3.05. The number of rotatable bonds is 5. The molecule has 4 aromatic rings. The monoisotopic (exact) mass is 414 g/mol. The third-order valence-corrected chi connectivity index (χ3v) is 6.86. The zero-order valence-corrected chi connectivity index (χ0v) is 17.6. The number of hydrogen-bond acceptors (Lipinski definition) is 5. The highest BCUT2D eigenvalue weighted by Crippen LogP contribution is 2.42. The van der Waals surface area contributed by atoms with Gasteiger partial charge in [-0.3, -0.25) is 0 Å². The van der Waals surface area contributed by atoms with Crippen LogP contribution >= 0.6 is 11.3 Å². The Labute approximate surface area is 179 Å². The second kappa shape index (κ2) is 8.00. The van der Waals surface area contributed by atoms with E-state index in [4.69, 9.17) is 14.7 Å². The summed E-state index contributed by atoms with van der Waals surface area (Å²) in [6.07, 6.45) is 3.53. The normalized spacial score (nSPS) is 13.9. The lowest BCUT2D eigenvalue weighted by Crippen LogP contribution is -2.10. The van der Waals surface area contributed by atoms with Gasteiger partial charge in [-0.2, -0.15) is 0 Å². The average molecular weight is 415 g/mol. The van der Waals surface area contributed by atoms with Crippen molar-refractivity contribution in [3.05, 3.63) is 71.4 Å². The van der Waals surface area contributed by atoms with Crippen molar-refractivity contribution in [3.8, 4) is 21.7 Å². The van der Waals surface area contributed by atoms with Crippen molar-refractivity contribution >= 4 is 28.2 Å². The third kappa shape index (κ3) is 3.50. The summed E-state index contributed by atoms with van der Waals surface area (Å²) in [7, 11) is 0. The molecule has 4 nitrogen and oxygen atoms in total. The Bertz CT molecular complexity index is 1210. The number of aromatic nitrogens is 2. The Morgan fingerprint density at radius 1 is 1.03 bits per heavy atom. The number of thiazole rings is 1. The topological polar surface area (TPSA) is 52.1 Å². The molecule has 0 N–H and O–H groups in total. The van der Waals surface area contributed by atoms with Gasteiger partial charge in [0.05, 0.1) is 27.7 Å². The zero-order valence-electron chi connectivity index (χ0n) is 16.8. The van der Waals surface area contributed by atoms with E-state index in [-0.39, 0.29) is 5.97 Å². The molecule has 2 heterocycles. The lowest BCUT2D eigenvalue weighted by Gasteiger charge is -2.22. The van der Waals surface area contributed by atoms with E-state index in [1.165, 1.54) is 6.42 Å². The van der Waals surface area contributed by atoms with Gasteiger partial charge in [0.1, 0.15) is 0 Å². The second-order valence-corrected chi connectivity index (χ2v) is 8.58. The smallest absolute Gasteiger partial charge is 0.358 e. The maximum Gasteiger partial charge on any atom is 0.358 e. The molecule has 1 saturated carbocycles. The van der Waals surface area contributed by atoms with Crippen LogP contribution in [0.25, 0.3) is 32.6 Å². The number of benzene rings is 2. The van der Waals surface area contributed by atoms with Gasteiger partial charge >= 0.3 is 5.97 Å². The molecular formula is C25H22N2O2S. The van der Waals surface area contributed by atoms with Gasteiger partial charge in [-0.05, 0) is 37.5 Å². The summed E-state index contributed by atoms with van der Waals surface area (Å²) in [6, 6.07) is 20.5. The predicted molar refractivity (Wildman–Crippen MR) is 121 cm³/mol. The van der Waals surface area contributed by atoms with Gasteiger partial charge in [-0.15, -0.1) is 11.3 Å². The molecular weight excluding hydrogens is 392 g/mol. The van der Waals surface area contributed by atoms with Crippen molar-refractivity contribution in [2.24, 2.45) is 0 Å². The summed E-state index contributed by atoms with van der Waals surface area (Å²) in [6.45, 7) is 2.16. The van der Waals surface area contributed by atoms with Crippen LogP contribution in [0.4, 0.5) is 0 Å².